The van der Waals surface area contributed by atoms with Gasteiger partial charge in [-0.2, -0.15) is 0 Å². The number of rotatable bonds is 4. The lowest BCUT2D eigenvalue weighted by Crippen LogP contribution is -2.30. The number of hydrogen-bond donors (Lipinski definition) is 0. The van der Waals surface area contributed by atoms with Gasteiger partial charge in [-0.3, -0.25) is 14.7 Å². The molecule has 0 spiro atoms. The number of anilines is 1. The van der Waals surface area contributed by atoms with Gasteiger partial charge in [-0.25, -0.2) is 4.98 Å². The molecule has 0 aliphatic heterocycles. The molecule has 0 aliphatic rings. The van der Waals surface area contributed by atoms with Crippen molar-refractivity contribution in [2.45, 2.75) is 13.5 Å². The normalized spacial score (nSPS) is 10.8. The predicted molar refractivity (Wildman–Crippen MR) is 106 cm³/mol. The molecule has 0 aliphatic carbocycles. The number of nitrogens with zero attached hydrogens (tertiary/aromatic N) is 3. The highest BCUT2D eigenvalue weighted by atomic mass is 32.1. The third-order valence-corrected chi connectivity index (χ3v) is 5.16. The number of para-hydroxylation sites is 1. The van der Waals surface area contributed by atoms with Gasteiger partial charge in [0.05, 0.1) is 22.5 Å². The molecular formula is C21H17N3OS. The lowest BCUT2D eigenvalue weighted by atomic mass is 10.1. The molecule has 4 rings (SSSR count). The Morgan fingerprint density at radius 3 is 2.50 bits per heavy atom. The summed E-state index contributed by atoms with van der Waals surface area (Å²) in [7, 11) is 0. The SMILES string of the molecule is Cc1ccc(C(=O)N(Cc2ccccn2)c2nc3ccccc3s2)cc1. The second kappa shape index (κ2) is 7.06. The minimum absolute atomic E-state index is 0.0743. The quantitative estimate of drug-likeness (QED) is 0.523. The van der Waals surface area contributed by atoms with Gasteiger partial charge in [0, 0.05) is 11.8 Å². The van der Waals surface area contributed by atoms with Gasteiger partial charge < -0.3 is 0 Å². The van der Waals surface area contributed by atoms with Gasteiger partial charge >= 0.3 is 0 Å². The van der Waals surface area contributed by atoms with Gasteiger partial charge in [0.25, 0.3) is 5.91 Å². The van der Waals surface area contributed by atoms with Crippen LogP contribution >= 0.6 is 11.3 Å². The number of carbonyl (C=O) groups excluding carboxylic acids is 1. The highest BCUT2D eigenvalue weighted by molar-refractivity contribution is 7.22. The van der Waals surface area contributed by atoms with E-state index in [4.69, 9.17) is 0 Å². The molecule has 4 nitrogen and oxygen atoms in total. The molecule has 0 saturated carbocycles. The first kappa shape index (κ1) is 16.4. The molecule has 0 bridgehead atoms. The molecule has 2 heterocycles. The van der Waals surface area contributed by atoms with Gasteiger partial charge in [-0.1, -0.05) is 47.2 Å². The maximum atomic E-state index is 13.2. The van der Waals surface area contributed by atoms with Crippen molar-refractivity contribution in [3.63, 3.8) is 0 Å². The molecule has 0 radical (unpaired) electrons. The van der Waals surface area contributed by atoms with Crippen molar-refractivity contribution >= 4 is 32.6 Å². The monoisotopic (exact) mass is 359 g/mol. The molecule has 0 unspecified atom stereocenters. The van der Waals surface area contributed by atoms with Crippen molar-refractivity contribution in [3.05, 3.63) is 89.7 Å². The molecule has 2 aromatic heterocycles. The van der Waals surface area contributed by atoms with E-state index in [0.717, 1.165) is 21.5 Å². The molecule has 2 aromatic carbocycles. The maximum absolute atomic E-state index is 13.2. The third-order valence-electron chi connectivity index (χ3n) is 4.10. The number of carbonyl (C=O) groups is 1. The standard InChI is InChI=1S/C21H17N3OS/c1-15-9-11-16(12-10-15)20(25)24(14-17-6-4-5-13-22-17)21-23-18-7-2-3-8-19(18)26-21/h2-13H,14H2,1H3. The van der Waals surface area contributed by atoms with Crippen LogP contribution in [0.25, 0.3) is 10.2 Å². The predicted octanol–water partition coefficient (Wildman–Crippen LogP) is 4.85. The van der Waals surface area contributed by atoms with Crippen LogP contribution < -0.4 is 4.90 Å². The highest BCUT2D eigenvalue weighted by Crippen LogP contribution is 2.30. The number of amides is 1. The Hall–Kier alpha value is -3.05. The largest absolute Gasteiger partial charge is 0.278 e. The van der Waals surface area contributed by atoms with Crippen molar-refractivity contribution in [1.29, 1.82) is 0 Å². The second-order valence-electron chi connectivity index (χ2n) is 6.04. The van der Waals surface area contributed by atoms with Crippen LogP contribution in [0.2, 0.25) is 0 Å². The summed E-state index contributed by atoms with van der Waals surface area (Å²) in [5.74, 6) is -0.0743. The van der Waals surface area contributed by atoms with Crippen molar-refractivity contribution in [1.82, 2.24) is 9.97 Å². The van der Waals surface area contributed by atoms with Crippen LogP contribution in [-0.2, 0) is 6.54 Å². The van der Waals surface area contributed by atoms with Gasteiger partial charge in [0.2, 0.25) is 0 Å². The minimum Gasteiger partial charge on any atom is -0.278 e. The number of fused-ring (bicyclic) bond motifs is 1. The van der Waals surface area contributed by atoms with Crippen LogP contribution in [0.1, 0.15) is 21.6 Å². The summed E-state index contributed by atoms with van der Waals surface area (Å²) in [5.41, 5.74) is 3.49. The highest BCUT2D eigenvalue weighted by Gasteiger charge is 2.22. The molecule has 1 amide bonds. The molecule has 26 heavy (non-hydrogen) atoms. The van der Waals surface area contributed by atoms with Crippen LogP contribution in [0.15, 0.2) is 72.9 Å². The second-order valence-corrected chi connectivity index (χ2v) is 7.05. The zero-order valence-corrected chi connectivity index (χ0v) is 15.1. The summed E-state index contributed by atoms with van der Waals surface area (Å²) >= 11 is 1.52. The van der Waals surface area contributed by atoms with Crippen LogP contribution in [0.4, 0.5) is 5.13 Å². The first-order valence-corrected chi connectivity index (χ1v) is 9.16. The van der Waals surface area contributed by atoms with Crippen LogP contribution in [0, 0.1) is 6.92 Å². The summed E-state index contributed by atoms with van der Waals surface area (Å²) in [6.07, 6.45) is 1.74. The first-order valence-electron chi connectivity index (χ1n) is 8.35. The average molecular weight is 359 g/mol. The fourth-order valence-corrected chi connectivity index (χ4v) is 3.67. The molecule has 128 valence electrons. The van der Waals surface area contributed by atoms with Crippen molar-refractivity contribution in [3.8, 4) is 0 Å². The number of pyridine rings is 1. The van der Waals surface area contributed by atoms with Gasteiger partial charge in [-0.05, 0) is 43.3 Å². The van der Waals surface area contributed by atoms with Gasteiger partial charge in [-0.15, -0.1) is 0 Å². The topological polar surface area (TPSA) is 46.1 Å². The molecule has 4 aromatic rings. The van der Waals surface area contributed by atoms with Gasteiger partial charge in [0.15, 0.2) is 5.13 Å². The van der Waals surface area contributed by atoms with E-state index in [1.807, 2.05) is 73.7 Å². The summed E-state index contributed by atoms with van der Waals surface area (Å²) in [5, 5.41) is 0.683. The smallest absolute Gasteiger partial charge is 0.260 e. The van der Waals surface area contributed by atoms with E-state index < -0.39 is 0 Å². The molecule has 0 atom stereocenters. The van der Waals surface area contributed by atoms with E-state index >= 15 is 0 Å². The lowest BCUT2D eigenvalue weighted by Gasteiger charge is -2.19. The Kier molecular flexibility index (Phi) is 4.46. The number of aryl methyl sites for hydroxylation is 1. The van der Waals surface area contributed by atoms with E-state index in [1.165, 1.54) is 11.3 Å². The third kappa shape index (κ3) is 3.34. The minimum atomic E-state index is -0.0743. The fourth-order valence-electron chi connectivity index (χ4n) is 2.71. The van der Waals surface area contributed by atoms with E-state index in [0.29, 0.717) is 17.2 Å². The van der Waals surface area contributed by atoms with Crippen molar-refractivity contribution in [2.75, 3.05) is 4.90 Å². The molecular weight excluding hydrogens is 342 g/mol. The zero-order chi connectivity index (χ0) is 17.9. The molecule has 0 fully saturated rings. The summed E-state index contributed by atoms with van der Waals surface area (Å²) in [6, 6.07) is 21.2. The summed E-state index contributed by atoms with van der Waals surface area (Å²) in [4.78, 5) is 23.9. The summed E-state index contributed by atoms with van der Waals surface area (Å²) < 4.78 is 1.06. The number of aromatic nitrogens is 2. The van der Waals surface area contributed by atoms with Crippen LogP contribution in [0.3, 0.4) is 0 Å². The van der Waals surface area contributed by atoms with E-state index in [9.17, 15) is 4.79 Å². The Labute approximate surface area is 155 Å². The Bertz CT molecular complexity index is 1010. The Morgan fingerprint density at radius 2 is 1.77 bits per heavy atom. The van der Waals surface area contributed by atoms with E-state index in [1.54, 1.807) is 11.1 Å². The van der Waals surface area contributed by atoms with Gasteiger partial charge in [0.1, 0.15) is 0 Å². The fraction of sp³-hybridized carbons (Fsp3) is 0.0952. The van der Waals surface area contributed by atoms with Crippen LogP contribution in [-0.4, -0.2) is 15.9 Å². The first-order chi connectivity index (χ1) is 12.7. The molecule has 0 N–H and O–H groups in total. The Morgan fingerprint density at radius 1 is 1.00 bits per heavy atom. The maximum Gasteiger partial charge on any atom is 0.260 e. The summed E-state index contributed by atoms with van der Waals surface area (Å²) in [6.45, 7) is 2.39. The van der Waals surface area contributed by atoms with E-state index in [-0.39, 0.29) is 5.91 Å². The Balaban J connectivity index is 1.75. The van der Waals surface area contributed by atoms with Crippen LogP contribution in [0.5, 0.6) is 0 Å². The average Bonchev–Trinajstić information content (AvgIpc) is 3.11. The lowest BCUT2D eigenvalue weighted by molar-refractivity contribution is 0.0985. The van der Waals surface area contributed by atoms with Crippen molar-refractivity contribution < 1.29 is 4.79 Å². The number of hydrogen-bond acceptors (Lipinski definition) is 4. The molecule has 5 heteroatoms. The zero-order valence-electron chi connectivity index (χ0n) is 14.3. The van der Waals surface area contributed by atoms with E-state index in [2.05, 4.69) is 9.97 Å². The van der Waals surface area contributed by atoms with Crippen molar-refractivity contribution in [2.24, 2.45) is 0 Å². The number of benzene rings is 2. The molecule has 0 saturated heterocycles. The number of thiazole rings is 1.